The average Bonchev–Trinajstić information content (AvgIpc) is 3.65. The molecule has 0 radical (unpaired) electrons. The van der Waals surface area contributed by atoms with Crippen molar-refractivity contribution in [2.45, 2.75) is 49.1 Å². The van der Waals surface area contributed by atoms with Crippen LogP contribution >= 0.6 is 0 Å². The normalized spacial score (nSPS) is 25.8. The van der Waals surface area contributed by atoms with Gasteiger partial charge in [0, 0.05) is 36.2 Å². The van der Waals surface area contributed by atoms with Crippen molar-refractivity contribution < 1.29 is 32.7 Å². The third-order valence-corrected chi connectivity index (χ3v) is 9.37. The first kappa shape index (κ1) is 26.4. The molecule has 3 unspecified atom stereocenters. The van der Waals surface area contributed by atoms with Gasteiger partial charge in [-0.1, -0.05) is 12.5 Å². The number of aromatic amines is 1. The molecule has 4 N–H and O–H groups in total. The number of Topliss-reactive ketones (excluding diaryl/α,β-unsaturated/α-hetero) is 1. The van der Waals surface area contributed by atoms with Gasteiger partial charge >= 0.3 is 0 Å². The van der Waals surface area contributed by atoms with Crippen LogP contribution in [0.4, 0.5) is 0 Å². The molecule has 38 heavy (non-hydrogen) atoms. The molecule has 1 saturated carbocycles. The van der Waals surface area contributed by atoms with Gasteiger partial charge in [-0.3, -0.25) is 19.2 Å². The van der Waals surface area contributed by atoms with E-state index < -0.39 is 52.0 Å². The SMILES string of the molecule is CS(=O)(=O)c1cccc2[nH]c(C(=O)N3CC4CCCC4C3C(=O)N[C@@H](C[C@@H]3CCNC3=O)C(=O)CO)cc12. The number of sulfone groups is 1. The molecule has 0 bridgehead atoms. The fourth-order valence-electron chi connectivity index (χ4n) is 6.36. The number of carbonyl (C=O) groups is 4. The number of nitrogens with one attached hydrogen (secondary N) is 3. The van der Waals surface area contributed by atoms with Crippen molar-refractivity contribution >= 4 is 44.2 Å². The van der Waals surface area contributed by atoms with E-state index in [-0.39, 0.29) is 34.8 Å². The first-order chi connectivity index (χ1) is 18.1. The topological polar surface area (TPSA) is 166 Å². The number of carbonyl (C=O) groups excluding carboxylic acids is 4. The van der Waals surface area contributed by atoms with E-state index in [1.807, 2.05) is 0 Å². The van der Waals surface area contributed by atoms with Crippen LogP contribution in [-0.2, 0) is 24.2 Å². The second kappa shape index (κ2) is 10.1. The number of aliphatic hydroxyl groups is 1. The molecule has 2 saturated heterocycles. The first-order valence-corrected chi connectivity index (χ1v) is 14.8. The Morgan fingerprint density at radius 2 is 2.00 bits per heavy atom. The summed E-state index contributed by atoms with van der Waals surface area (Å²) >= 11 is 0. The van der Waals surface area contributed by atoms with Crippen LogP contribution in [0.1, 0.15) is 42.6 Å². The smallest absolute Gasteiger partial charge is 0.271 e. The van der Waals surface area contributed by atoms with Crippen LogP contribution in [-0.4, -0.2) is 84.9 Å². The number of likely N-dealkylation sites (tertiary alicyclic amines) is 1. The Hall–Kier alpha value is -3.25. The zero-order valence-corrected chi connectivity index (χ0v) is 21.9. The lowest BCUT2D eigenvalue weighted by Crippen LogP contribution is -2.53. The summed E-state index contributed by atoms with van der Waals surface area (Å²) in [5.41, 5.74) is 0.680. The van der Waals surface area contributed by atoms with Crippen molar-refractivity contribution in [3.05, 3.63) is 30.0 Å². The van der Waals surface area contributed by atoms with Crippen LogP contribution in [0.3, 0.4) is 0 Å². The van der Waals surface area contributed by atoms with E-state index in [1.165, 1.54) is 17.0 Å². The van der Waals surface area contributed by atoms with E-state index in [9.17, 15) is 32.7 Å². The number of H-pyrrole nitrogens is 1. The van der Waals surface area contributed by atoms with Gasteiger partial charge in [-0.05, 0) is 55.7 Å². The number of hydrogen-bond donors (Lipinski definition) is 4. The van der Waals surface area contributed by atoms with Gasteiger partial charge in [-0.25, -0.2) is 8.42 Å². The second-order valence-corrected chi connectivity index (χ2v) is 12.6. The molecule has 5 atom stereocenters. The molecule has 3 fully saturated rings. The molecule has 3 aliphatic rings. The van der Waals surface area contributed by atoms with Gasteiger partial charge in [-0.15, -0.1) is 0 Å². The van der Waals surface area contributed by atoms with Crippen LogP contribution in [0.2, 0.25) is 0 Å². The van der Waals surface area contributed by atoms with E-state index in [0.717, 1.165) is 25.5 Å². The minimum atomic E-state index is -3.53. The maximum Gasteiger partial charge on any atom is 0.271 e. The van der Waals surface area contributed by atoms with Crippen molar-refractivity contribution in [1.29, 1.82) is 0 Å². The fourth-order valence-corrected chi connectivity index (χ4v) is 7.26. The molecule has 204 valence electrons. The number of fused-ring (bicyclic) bond motifs is 2. The Kier molecular flexibility index (Phi) is 7.03. The van der Waals surface area contributed by atoms with E-state index in [1.54, 1.807) is 12.1 Å². The van der Waals surface area contributed by atoms with Gasteiger partial charge in [0.15, 0.2) is 15.6 Å². The highest BCUT2D eigenvalue weighted by Crippen LogP contribution is 2.43. The van der Waals surface area contributed by atoms with Gasteiger partial charge in [-0.2, -0.15) is 0 Å². The minimum Gasteiger partial charge on any atom is -0.389 e. The van der Waals surface area contributed by atoms with Crippen LogP contribution in [0.15, 0.2) is 29.2 Å². The maximum atomic E-state index is 13.7. The summed E-state index contributed by atoms with van der Waals surface area (Å²) in [7, 11) is -3.53. The maximum absolute atomic E-state index is 13.7. The first-order valence-electron chi connectivity index (χ1n) is 12.9. The Labute approximate surface area is 220 Å². The Bertz CT molecular complexity index is 1400. The summed E-state index contributed by atoms with van der Waals surface area (Å²) in [6.45, 7) is 0.105. The van der Waals surface area contributed by atoms with Crippen molar-refractivity contribution in [2.75, 3.05) is 26.0 Å². The molecule has 0 spiro atoms. The zero-order valence-electron chi connectivity index (χ0n) is 21.1. The van der Waals surface area contributed by atoms with E-state index >= 15 is 0 Å². The van der Waals surface area contributed by atoms with Crippen LogP contribution < -0.4 is 10.6 Å². The van der Waals surface area contributed by atoms with Crippen molar-refractivity contribution in [1.82, 2.24) is 20.5 Å². The van der Waals surface area contributed by atoms with Gasteiger partial charge in [0.2, 0.25) is 11.8 Å². The van der Waals surface area contributed by atoms with Gasteiger partial charge in [0.05, 0.1) is 10.9 Å². The number of amides is 3. The van der Waals surface area contributed by atoms with E-state index in [4.69, 9.17) is 0 Å². The molecule has 5 rings (SSSR count). The quantitative estimate of drug-likeness (QED) is 0.373. The molecule has 1 aromatic carbocycles. The summed E-state index contributed by atoms with van der Waals surface area (Å²) < 4.78 is 24.5. The van der Waals surface area contributed by atoms with Crippen molar-refractivity contribution in [2.24, 2.45) is 17.8 Å². The van der Waals surface area contributed by atoms with Crippen LogP contribution in [0.25, 0.3) is 10.9 Å². The average molecular weight is 545 g/mol. The Balaban J connectivity index is 1.42. The van der Waals surface area contributed by atoms with Gasteiger partial charge in [0.1, 0.15) is 18.3 Å². The Morgan fingerprint density at radius 3 is 2.68 bits per heavy atom. The zero-order chi connectivity index (χ0) is 27.2. The molecule has 3 heterocycles. The highest BCUT2D eigenvalue weighted by Gasteiger charge is 2.50. The number of ketones is 1. The molecule has 3 amide bonds. The lowest BCUT2D eigenvalue weighted by atomic mass is 9.92. The number of nitrogens with zero attached hydrogens (tertiary/aromatic N) is 1. The molecular formula is C26H32N4O7S. The van der Waals surface area contributed by atoms with Crippen molar-refractivity contribution in [3.8, 4) is 0 Å². The lowest BCUT2D eigenvalue weighted by Gasteiger charge is -2.29. The van der Waals surface area contributed by atoms with E-state index in [0.29, 0.717) is 30.4 Å². The number of hydrogen-bond acceptors (Lipinski definition) is 7. The predicted molar refractivity (Wildman–Crippen MR) is 137 cm³/mol. The summed E-state index contributed by atoms with van der Waals surface area (Å²) in [5.74, 6) is -2.04. The second-order valence-electron chi connectivity index (χ2n) is 10.6. The minimum absolute atomic E-state index is 0.0745. The molecular weight excluding hydrogens is 512 g/mol. The van der Waals surface area contributed by atoms with Crippen molar-refractivity contribution in [3.63, 3.8) is 0 Å². The van der Waals surface area contributed by atoms with Gasteiger partial charge < -0.3 is 25.6 Å². The molecule has 1 aliphatic carbocycles. The summed E-state index contributed by atoms with van der Waals surface area (Å²) in [6.07, 6.45) is 4.32. The summed E-state index contributed by atoms with van der Waals surface area (Å²) in [4.78, 5) is 56.6. The highest BCUT2D eigenvalue weighted by molar-refractivity contribution is 7.91. The lowest BCUT2D eigenvalue weighted by molar-refractivity contribution is -0.133. The monoisotopic (exact) mass is 544 g/mol. The largest absolute Gasteiger partial charge is 0.389 e. The third-order valence-electron chi connectivity index (χ3n) is 8.22. The van der Waals surface area contributed by atoms with Crippen LogP contribution in [0, 0.1) is 17.8 Å². The molecule has 2 aromatic rings. The number of aliphatic hydroxyl groups excluding tert-OH is 1. The molecule has 1 aromatic heterocycles. The summed E-state index contributed by atoms with van der Waals surface area (Å²) in [6, 6.07) is 4.43. The Morgan fingerprint density at radius 1 is 1.21 bits per heavy atom. The molecule has 2 aliphatic heterocycles. The standard InChI is InChI=1S/C26H32N4O7S/c1-38(36,37)22-7-3-6-18-17(22)11-20(28-18)26(35)30-12-15-4-2-5-16(15)23(30)25(34)29-19(21(32)13-31)10-14-8-9-27-24(14)33/h3,6-7,11,14-16,19,23,28,31H,2,4-5,8-10,12-13H2,1H3,(H,27,33)(H,29,34)/t14-,15?,16?,19-,23?/m0/s1. The third kappa shape index (κ3) is 4.82. The number of aromatic nitrogens is 1. The number of rotatable bonds is 8. The van der Waals surface area contributed by atoms with E-state index in [2.05, 4.69) is 15.6 Å². The van der Waals surface area contributed by atoms with Crippen LogP contribution in [0.5, 0.6) is 0 Å². The summed E-state index contributed by atoms with van der Waals surface area (Å²) in [5, 5.41) is 15.4. The molecule has 12 heteroatoms. The fraction of sp³-hybridized carbons (Fsp3) is 0.538. The van der Waals surface area contributed by atoms with Gasteiger partial charge in [0.25, 0.3) is 5.91 Å². The molecule has 11 nitrogen and oxygen atoms in total. The predicted octanol–water partition coefficient (Wildman–Crippen LogP) is 0.385. The number of benzene rings is 1. The highest BCUT2D eigenvalue weighted by atomic mass is 32.2.